The summed E-state index contributed by atoms with van der Waals surface area (Å²) in [7, 11) is 1.91. The Kier molecular flexibility index (Phi) is 4.47. The van der Waals surface area contributed by atoms with Crippen LogP contribution in [0.15, 0.2) is 28.7 Å². The van der Waals surface area contributed by atoms with E-state index in [4.69, 9.17) is 4.42 Å². The molecule has 0 saturated carbocycles. The van der Waals surface area contributed by atoms with Gasteiger partial charge in [0, 0.05) is 12.6 Å². The number of benzene rings is 1. The summed E-state index contributed by atoms with van der Waals surface area (Å²) >= 11 is 0. The predicted molar refractivity (Wildman–Crippen MR) is 74.3 cm³/mol. The third-order valence-electron chi connectivity index (χ3n) is 2.82. The number of quaternary nitrogens is 1. The minimum Gasteiger partial charge on any atom is -0.420 e. The number of hydrogen-bond acceptors (Lipinski definition) is 4. The summed E-state index contributed by atoms with van der Waals surface area (Å²) in [5, 5.41) is 10.5. The number of hydrogen-bond donors (Lipinski definition) is 2. The van der Waals surface area contributed by atoms with E-state index in [2.05, 4.69) is 15.5 Å². The van der Waals surface area contributed by atoms with Crippen molar-refractivity contribution in [2.75, 3.05) is 18.9 Å². The first-order valence-electron chi connectivity index (χ1n) is 6.50. The predicted octanol–water partition coefficient (Wildman–Crippen LogP) is 0.340. The molecule has 20 heavy (non-hydrogen) atoms. The number of aromatic nitrogens is 2. The summed E-state index contributed by atoms with van der Waals surface area (Å²) in [6.45, 7) is 4.63. The van der Waals surface area contributed by atoms with Gasteiger partial charge in [0.1, 0.15) is 0 Å². The molecule has 0 aliphatic heterocycles. The van der Waals surface area contributed by atoms with E-state index >= 15 is 0 Å². The summed E-state index contributed by atoms with van der Waals surface area (Å²) in [5.41, 5.74) is 1.97. The largest absolute Gasteiger partial charge is 0.420 e. The average molecular weight is 275 g/mol. The fourth-order valence-electron chi connectivity index (χ4n) is 1.85. The van der Waals surface area contributed by atoms with Crippen LogP contribution in [0.5, 0.6) is 0 Å². The average Bonchev–Trinajstić information content (AvgIpc) is 2.77. The SMILES string of the molecule is Cc1ccc(NC(=O)C[NH+](C)Cc2nnc(C)o2)cc1. The van der Waals surface area contributed by atoms with Gasteiger partial charge in [-0.15, -0.1) is 10.2 Å². The number of nitrogens with one attached hydrogen (secondary N) is 2. The highest BCUT2D eigenvalue weighted by atomic mass is 16.4. The Morgan fingerprint density at radius 3 is 2.55 bits per heavy atom. The number of anilines is 1. The molecule has 1 heterocycles. The Hall–Kier alpha value is -2.21. The molecule has 6 nitrogen and oxygen atoms in total. The molecule has 0 aliphatic carbocycles. The smallest absolute Gasteiger partial charge is 0.279 e. The lowest BCUT2D eigenvalue weighted by atomic mass is 10.2. The minimum atomic E-state index is -0.0393. The molecule has 0 spiro atoms. The molecule has 0 bridgehead atoms. The van der Waals surface area contributed by atoms with E-state index in [0.29, 0.717) is 24.9 Å². The van der Waals surface area contributed by atoms with Gasteiger partial charge in [-0.25, -0.2) is 0 Å². The second kappa shape index (κ2) is 6.29. The van der Waals surface area contributed by atoms with Crippen molar-refractivity contribution >= 4 is 11.6 Å². The van der Waals surface area contributed by atoms with Crippen LogP contribution in [0.3, 0.4) is 0 Å². The lowest BCUT2D eigenvalue weighted by molar-refractivity contribution is -0.886. The van der Waals surface area contributed by atoms with Gasteiger partial charge in [0.05, 0.1) is 7.05 Å². The quantitative estimate of drug-likeness (QED) is 0.825. The Bertz CT molecular complexity index is 577. The number of likely N-dealkylation sites (N-methyl/N-ethyl adjacent to an activating group) is 1. The van der Waals surface area contributed by atoms with E-state index in [9.17, 15) is 4.79 Å². The van der Waals surface area contributed by atoms with Crippen molar-refractivity contribution in [1.82, 2.24) is 10.2 Å². The molecule has 6 heteroatoms. The second-order valence-electron chi connectivity index (χ2n) is 4.94. The highest BCUT2D eigenvalue weighted by molar-refractivity contribution is 5.91. The number of amides is 1. The maximum Gasteiger partial charge on any atom is 0.279 e. The van der Waals surface area contributed by atoms with Crippen molar-refractivity contribution in [2.24, 2.45) is 0 Å². The van der Waals surface area contributed by atoms with E-state index < -0.39 is 0 Å². The summed E-state index contributed by atoms with van der Waals surface area (Å²) in [4.78, 5) is 12.9. The minimum absolute atomic E-state index is 0.0393. The first kappa shape index (κ1) is 14.2. The van der Waals surface area contributed by atoms with Crippen LogP contribution in [-0.4, -0.2) is 29.7 Å². The van der Waals surface area contributed by atoms with Crippen molar-refractivity contribution in [3.63, 3.8) is 0 Å². The topological polar surface area (TPSA) is 72.5 Å². The maximum absolute atomic E-state index is 11.9. The van der Waals surface area contributed by atoms with Gasteiger partial charge in [-0.05, 0) is 19.1 Å². The van der Waals surface area contributed by atoms with E-state index in [0.717, 1.165) is 16.2 Å². The summed E-state index contributed by atoms with van der Waals surface area (Å²) < 4.78 is 5.29. The monoisotopic (exact) mass is 275 g/mol. The Balaban J connectivity index is 1.83. The molecular formula is C14H19N4O2+. The highest BCUT2D eigenvalue weighted by Crippen LogP contribution is 2.07. The van der Waals surface area contributed by atoms with Gasteiger partial charge in [-0.3, -0.25) is 4.79 Å². The first-order chi connectivity index (χ1) is 9.52. The zero-order valence-corrected chi connectivity index (χ0v) is 11.9. The number of nitrogens with zero attached hydrogens (tertiary/aromatic N) is 2. The summed E-state index contributed by atoms with van der Waals surface area (Å²) in [6.07, 6.45) is 0. The van der Waals surface area contributed by atoms with Gasteiger partial charge in [0.15, 0.2) is 13.1 Å². The molecule has 1 amide bonds. The van der Waals surface area contributed by atoms with Gasteiger partial charge in [-0.2, -0.15) is 0 Å². The zero-order valence-electron chi connectivity index (χ0n) is 11.9. The zero-order chi connectivity index (χ0) is 14.5. The molecule has 0 fully saturated rings. The second-order valence-corrected chi connectivity index (χ2v) is 4.94. The molecule has 2 aromatic rings. The Labute approximate surface area is 117 Å². The molecular weight excluding hydrogens is 256 g/mol. The van der Waals surface area contributed by atoms with Gasteiger partial charge in [-0.1, -0.05) is 17.7 Å². The molecule has 1 aromatic heterocycles. The van der Waals surface area contributed by atoms with Crippen LogP contribution >= 0.6 is 0 Å². The van der Waals surface area contributed by atoms with Gasteiger partial charge in [0.25, 0.3) is 11.8 Å². The van der Waals surface area contributed by atoms with Crippen molar-refractivity contribution in [2.45, 2.75) is 20.4 Å². The van der Waals surface area contributed by atoms with Crippen LogP contribution in [0.1, 0.15) is 17.3 Å². The molecule has 0 saturated heterocycles. The normalized spacial score (nSPS) is 12.2. The van der Waals surface area contributed by atoms with Crippen LogP contribution in [0.4, 0.5) is 5.69 Å². The van der Waals surface area contributed by atoms with Gasteiger partial charge < -0.3 is 14.6 Å². The molecule has 2 rings (SSSR count). The molecule has 106 valence electrons. The standard InChI is InChI=1S/C14H18N4O2/c1-10-4-6-12(7-5-10)15-13(19)8-18(3)9-14-17-16-11(2)20-14/h4-7H,8-9H2,1-3H3,(H,15,19)/p+1. The van der Waals surface area contributed by atoms with Crippen LogP contribution < -0.4 is 10.2 Å². The molecule has 0 radical (unpaired) electrons. The number of carbonyl (C=O) groups is 1. The lowest BCUT2D eigenvalue weighted by Gasteiger charge is -2.11. The molecule has 1 atom stereocenters. The van der Waals surface area contributed by atoms with Gasteiger partial charge in [0.2, 0.25) is 5.89 Å². The van der Waals surface area contributed by atoms with E-state index in [-0.39, 0.29) is 5.91 Å². The fraction of sp³-hybridized carbons (Fsp3) is 0.357. The Morgan fingerprint density at radius 2 is 1.95 bits per heavy atom. The van der Waals surface area contributed by atoms with Crippen molar-refractivity contribution in [3.8, 4) is 0 Å². The lowest BCUT2D eigenvalue weighted by Crippen LogP contribution is -3.08. The molecule has 1 aromatic carbocycles. The maximum atomic E-state index is 11.9. The van der Waals surface area contributed by atoms with Crippen LogP contribution in [0.2, 0.25) is 0 Å². The first-order valence-corrected chi connectivity index (χ1v) is 6.50. The van der Waals surface area contributed by atoms with Crippen LogP contribution in [0.25, 0.3) is 0 Å². The van der Waals surface area contributed by atoms with E-state index in [1.54, 1.807) is 6.92 Å². The number of aryl methyl sites for hydroxylation is 2. The third-order valence-corrected chi connectivity index (χ3v) is 2.82. The van der Waals surface area contributed by atoms with Crippen molar-refractivity contribution < 1.29 is 14.1 Å². The third kappa shape index (κ3) is 4.17. The summed E-state index contributed by atoms with van der Waals surface area (Å²) in [5.74, 6) is 1.04. The fourth-order valence-corrected chi connectivity index (χ4v) is 1.85. The Morgan fingerprint density at radius 1 is 1.25 bits per heavy atom. The van der Waals surface area contributed by atoms with Crippen LogP contribution in [-0.2, 0) is 11.3 Å². The summed E-state index contributed by atoms with van der Waals surface area (Å²) in [6, 6.07) is 7.72. The highest BCUT2D eigenvalue weighted by Gasteiger charge is 2.14. The molecule has 0 aliphatic rings. The van der Waals surface area contributed by atoms with E-state index in [1.165, 1.54) is 0 Å². The van der Waals surface area contributed by atoms with Gasteiger partial charge >= 0.3 is 0 Å². The molecule has 1 unspecified atom stereocenters. The van der Waals surface area contributed by atoms with E-state index in [1.807, 2.05) is 38.2 Å². The number of rotatable bonds is 5. The van der Waals surface area contributed by atoms with Crippen LogP contribution in [0, 0.1) is 13.8 Å². The van der Waals surface area contributed by atoms with Crippen molar-refractivity contribution in [3.05, 3.63) is 41.6 Å². The number of carbonyl (C=O) groups excluding carboxylic acids is 1. The van der Waals surface area contributed by atoms with Crippen molar-refractivity contribution in [1.29, 1.82) is 0 Å². The molecule has 2 N–H and O–H groups in total.